The Morgan fingerprint density at radius 3 is 2.14 bits per heavy atom. The lowest BCUT2D eigenvalue weighted by atomic mass is 10.2. The number of ether oxygens (including phenoxy) is 1. The van der Waals surface area contributed by atoms with Crippen LogP contribution in [0.3, 0.4) is 0 Å². The lowest BCUT2D eigenvalue weighted by Crippen LogP contribution is -2.48. The van der Waals surface area contributed by atoms with Crippen LogP contribution >= 0.6 is 0 Å². The first-order valence-electron chi connectivity index (χ1n) is 8.83. The molecule has 1 heterocycles. The summed E-state index contributed by atoms with van der Waals surface area (Å²) in [6.45, 7) is 1.69. The highest BCUT2D eigenvalue weighted by Gasteiger charge is 2.32. The van der Waals surface area contributed by atoms with Gasteiger partial charge in [0.1, 0.15) is 0 Å². The largest absolute Gasteiger partial charge is 0.494 e. The number of rotatable bonds is 5. The van der Waals surface area contributed by atoms with Crippen molar-refractivity contribution in [1.82, 2.24) is 9.21 Å². The number of sulfonamides is 1. The molecule has 0 saturated carbocycles. The van der Waals surface area contributed by atoms with E-state index in [-0.39, 0.29) is 23.7 Å². The molecule has 2 aromatic rings. The van der Waals surface area contributed by atoms with Crippen LogP contribution in [0, 0.1) is 5.82 Å². The van der Waals surface area contributed by atoms with E-state index in [0.717, 1.165) is 29.8 Å². The zero-order valence-electron chi connectivity index (χ0n) is 15.6. The normalized spacial score (nSPS) is 16.7. The average molecular weight is 432 g/mol. The molecule has 0 atom stereocenters. The molecule has 0 amide bonds. The molecule has 1 aliphatic heterocycles. The van der Waals surface area contributed by atoms with Crippen molar-refractivity contribution in [2.75, 3.05) is 33.3 Å². The minimum Gasteiger partial charge on any atom is -0.494 e. The summed E-state index contributed by atoms with van der Waals surface area (Å²) in [6, 6.07) is 8.14. The molecule has 1 fully saturated rings. The summed E-state index contributed by atoms with van der Waals surface area (Å²) in [4.78, 5) is 1.82. The zero-order valence-corrected chi connectivity index (χ0v) is 16.4. The van der Waals surface area contributed by atoms with Gasteiger partial charge in [-0.25, -0.2) is 12.8 Å². The van der Waals surface area contributed by atoms with Crippen LogP contribution in [0.4, 0.5) is 17.6 Å². The summed E-state index contributed by atoms with van der Waals surface area (Å²) in [5.74, 6) is -0.310. The molecule has 0 bridgehead atoms. The van der Waals surface area contributed by atoms with E-state index in [9.17, 15) is 26.0 Å². The molecular weight excluding hydrogens is 412 g/mol. The Bertz CT molecular complexity index is 954. The maximum atomic E-state index is 13.8. The molecule has 0 spiro atoms. The van der Waals surface area contributed by atoms with E-state index < -0.39 is 27.6 Å². The second kappa shape index (κ2) is 8.29. The van der Waals surface area contributed by atoms with Crippen molar-refractivity contribution in [3.63, 3.8) is 0 Å². The fourth-order valence-electron chi connectivity index (χ4n) is 3.16. The van der Waals surface area contributed by atoms with E-state index in [1.807, 2.05) is 4.90 Å². The fraction of sp³-hybridized carbons (Fsp3) is 0.368. The Morgan fingerprint density at radius 1 is 1.00 bits per heavy atom. The van der Waals surface area contributed by atoms with Gasteiger partial charge >= 0.3 is 6.18 Å². The topological polar surface area (TPSA) is 49.9 Å². The molecule has 0 radical (unpaired) electrons. The van der Waals surface area contributed by atoms with Crippen LogP contribution in [-0.2, 0) is 22.7 Å². The third-order valence-corrected chi connectivity index (χ3v) is 6.69. The van der Waals surface area contributed by atoms with E-state index in [1.165, 1.54) is 23.5 Å². The fourth-order valence-corrected chi connectivity index (χ4v) is 4.58. The second-order valence-electron chi connectivity index (χ2n) is 6.67. The molecular formula is C19H20F4N2O3S. The van der Waals surface area contributed by atoms with E-state index in [4.69, 9.17) is 4.74 Å². The molecule has 1 saturated heterocycles. The molecule has 0 unspecified atom stereocenters. The lowest BCUT2D eigenvalue weighted by Gasteiger charge is -2.34. The van der Waals surface area contributed by atoms with Gasteiger partial charge < -0.3 is 4.74 Å². The summed E-state index contributed by atoms with van der Waals surface area (Å²) < 4.78 is 83.3. The molecule has 1 aliphatic rings. The van der Waals surface area contributed by atoms with E-state index in [1.54, 1.807) is 6.07 Å². The maximum absolute atomic E-state index is 13.8. The first kappa shape index (κ1) is 21.5. The summed E-state index contributed by atoms with van der Waals surface area (Å²) in [5, 5.41) is 0. The minimum atomic E-state index is -4.52. The van der Waals surface area contributed by atoms with Crippen molar-refractivity contribution in [2.24, 2.45) is 0 Å². The monoisotopic (exact) mass is 432 g/mol. The van der Waals surface area contributed by atoms with Crippen molar-refractivity contribution in [2.45, 2.75) is 17.6 Å². The number of halogens is 4. The lowest BCUT2D eigenvalue weighted by molar-refractivity contribution is -0.137. The first-order valence-corrected chi connectivity index (χ1v) is 10.3. The molecule has 158 valence electrons. The number of piperazine rings is 1. The van der Waals surface area contributed by atoms with Crippen LogP contribution in [0.5, 0.6) is 5.75 Å². The summed E-state index contributed by atoms with van der Waals surface area (Å²) >= 11 is 0. The van der Waals surface area contributed by atoms with E-state index in [0.29, 0.717) is 19.6 Å². The molecule has 2 aromatic carbocycles. The summed E-state index contributed by atoms with van der Waals surface area (Å²) in [6.07, 6.45) is -4.52. The highest BCUT2D eigenvalue weighted by Crippen LogP contribution is 2.30. The van der Waals surface area contributed by atoms with Gasteiger partial charge in [0.2, 0.25) is 10.0 Å². The SMILES string of the molecule is COc1ccc(CN2CCN(S(=O)(=O)c3ccc(C(F)(F)F)cc3)CC2)cc1F. The van der Waals surface area contributed by atoms with Gasteiger partial charge in [-0.2, -0.15) is 17.5 Å². The predicted octanol–water partition coefficient (Wildman–Crippen LogP) is 3.36. The number of nitrogens with zero attached hydrogens (tertiary/aromatic N) is 2. The molecule has 0 aliphatic carbocycles. The second-order valence-corrected chi connectivity index (χ2v) is 8.61. The van der Waals surface area contributed by atoms with Crippen LogP contribution in [0.15, 0.2) is 47.4 Å². The standard InChI is InChI=1S/C19H20F4N2O3S/c1-28-18-7-2-14(12-17(18)20)13-24-8-10-25(11-9-24)29(26,27)16-5-3-15(4-6-16)19(21,22)23/h2-7,12H,8-11,13H2,1H3. The third-order valence-electron chi connectivity index (χ3n) is 4.77. The molecule has 10 heteroatoms. The van der Waals surface area contributed by atoms with Crippen molar-refractivity contribution < 1.29 is 30.7 Å². The minimum absolute atomic E-state index is 0.154. The number of alkyl halides is 3. The van der Waals surface area contributed by atoms with E-state index in [2.05, 4.69) is 0 Å². The first-order chi connectivity index (χ1) is 13.6. The van der Waals surface area contributed by atoms with Crippen molar-refractivity contribution in [1.29, 1.82) is 0 Å². The predicted molar refractivity (Wildman–Crippen MR) is 98.4 cm³/mol. The van der Waals surface area contributed by atoms with Gasteiger partial charge in [0.15, 0.2) is 11.6 Å². The quantitative estimate of drug-likeness (QED) is 0.680. The Morgan fingerprint density at radius 2 is 1.62 bits per heavy atom. The number of methoxy groups -OCH3 is 1. The number of hydrogen-bond donors (Lipinski definition) is 0. The van der Waals surface area contributed by atoms with Crippen molar-refractivity contribution in [3.05, 3.63) is 59.4 Å². The molecule has 3 rings (SSSR count). The Labute approximate surface area is 166 Å². The Hall–Kier alpha value is -2.17. The van der Waals surface area contributed by atoms with Gasteiger partial charge in [0.05, 0.1) is 17.6 Å². The van der Waals surface area contributed by atoms with Crippen LogP contribution < -0.4 is 4.74 Å². The van der Waals surface area contributed by atoms with Gasteiger partial charge in [0.25, 0.3) is 0 Å². The summed E-state index contributed by atoms with van der Waals surface area (Å²) in [7, 11) is -2.49. The average Bonchev–Trinajstić information content (AvgIpc) is 2.68. The van der Waals surface area contributed by atoms with Crippen molar-refractivity contribution in [3.8, 4) is 5.75 Å². The highest BCUT2D eigenvalue weighted by atomic mass is 32.2. The Balaban J connectivity index is 1.63. The van der Waals surface area contributed by atoms with Crippen LogP contribution in [0.2, 0.25) is 0 Å². The van der Waals surface area contributed by atoms with Gasteiger partial charge in [-0.15, -0.1) is 0 Å². The smallest absolute Gasteiger partial charge is 0.416 e. The van der Waals surface area contributed by atoms with Crippen LogP contribution in [0.25, 0.3) is 0 Å². The maximum Gasteiger partial charge on any atom is 0.416 e. The molecule has 5 nitrogen and oxygen atoms in total. The van der Waals surface area contributed by atoms with Crippen LogP contribution in [-0.4, -0.2) is 50.9 Å². The zero-order chi connectivity index (χ0) is 21.2. The molecule has 0 aromatic heterocycles. The van der Waals surface area contributed by atoms with Crippen molar-refractivity contribution >= 4 is 10.0 Å². The molecule has 29 heavy (non-hydrogen) atoms. The van der Waals surface area contributed by atoms with Gasteiger partial charge in [-0.1, -0.05) is 6.07 Å². The highest BCUT2D eigenvalue weighted by molar-refractivity contribution is 7.89. The van der Waals surface area contributed by atoms with Gasteiger partial charge in [-0.05, 0) is 42.0 Å². The third kappa shape index (κ3) is 4.88. The molecule has 0 N–H and O–H groups in total. The number of benzene rings is 2. The summed E-state index contributed by atoms with van der Waals surface area (Å²) in [5.41, 5.74) is -0.157. The Kier molecular flexibility index (Phi) is 6.16. The number of hydrogen-bond acceptors (Lipinski definition) is 4. The van der Waals surface area contributed by atoms with Gasteiger partial charge in [-0.3, -0.25) is 4.90 Å². The van der Waals surface area contributed by atoms with Crippen LogP contribution in [0.1, 0.15) is 11.1 Å². The van der Waals surface area contributed by atoms with E-state index >= 15 is 0 Å². The van der Waals surface area contributed by atoms with Gasteiger partial charge in [0, 0.05) is 32.7 Å².